The van der Waals surface area contributed by atoms with Gasteiger partial charge in [0.05, 0.1) is 0 Å². The van der Waals surface area contributed by atoms with Crippen molar-refractivity contribution in [2.75, 3.05) is 13.7 Å². The van der Waals surface area contributed by atoms with Crippen molar-refractivity contribution in [3.05, 3.63) is 0 Å². The number of aliphatic hydroxyl groups excluding tert-OH is 1. The van der Waals surface area contributed by atoms with Crippen LogP contribution in [-0.4, -0.2) is 30.5 Å². The molecule has 1 aliphatic rings. The number of carbonyl (C=O) groups excluding carboxylic acids is 1. The van der Waals surface area contributed by atoms with E-state index in [-0.39, 0.29) is 18.1 Å². The predicted octanol–water partition coefficient (Wildman–Crippen LogP) is 2.31. The van der Waals surface area contributed by atoms with Crippen molar-refractivity contribution < 1.29 is 14.6 Å². The summed E-state index contributed by atoms with van der Waals surface area (Å²) in [5.74, 6) is 0.360. The van der Waals surface area contributed by atoms with E-state index in [9.17, 15) is 9.90 Å². The molecule has 1 rings (SSSR count). The summed E-state index contributed by atoms with van der Waals surface area (Å²) in [6.07, 6.45) is 3.14. The number of alkyl carbamates (subject to hydrolysis) is 1. The third-order valence-corrected chi connectivity index (χ3v) is 4.03. The fraction of sp³-hybridized carbons (Fsp3) is 0.923. The van der Waals surface area contributed by atoms with Crippen molar-refractivity contribution in [3.63, 3.8) is 0 Å². The van der Waals surface area contributed by atoms with E-state index in [1.54, 1.807) is 7.05 Å². The highest BCUT2D eigenvalue weighted by Crippen LogP contribution is 2.46. The van der Waals surface area contributed by atoms with Crippen LogP contribution in [0.25, 0.3) is 0 Å². The number of ether oxygens (including phenoxy) is 1. The molecule has 0 bridgehead atoms. The first kappa shape index (κ1) is 14.3. The third kappa shape index (κ3) is 3.12. The first-order chi connectivity index (χ1) is 7.84. The summed E-state index contributed by atoms with van der Waals surface area (Å²) in [4.78, 5) is 11.5. The quantitative estimate of drug-likeness (QED) is 0.782. The molecule has 0 spiro atoms. The van der Waals surface area contributed by atoms with Crippen LogP contribution in [0.15, 0.2) is 0 Å². The van der Waals surface area contributed by atoms with E-state index < -0.39 is 5.60 Å². The van der Waals surface area contributed by atoms with Gasteiger partial charge < -0.3 is 15.2 Å². The predicted molar refractivity (Wildman–Crippen MR) is 66.8 cm³/mol. The number of hydrogen-bond donors (Lipinski definition) is 2. The smallest absolute Gasteiger partial charge is 0.407 e. The zero-order valence-electron chi connectivity index (χ0n) is 11.4. The molecule has 1 amide bonds. The normalized spacial score (nSPS) is 29.8. The molecular formula is C13H25NO3. The molecule has 0 atom stereocenters. The van der Waals surface area contributed by atoms with Crippen molar-refractivity contribution in [1.82, 2.24) is 5.32 Å². The van der Waals surface area contributed by atoms with Crippen LogP contribution < -0.4 is 5.32 Å². The summed E-state index contributed by atoms with van der Waals surface area (Å²) in [6, 6.07) is 0. The van der Waals surface area contributed by atoms with E-state index in [1.807, 2.05) is 0 Å². The average Bonchev–Trinajstić information content (AvgIpc) is 2.28. The minimum atomic E-state index is -0.404. The lowest BCUT2D eigenvalue weighted by molar-refractivity contribution is -0.102. The van der Waals surface area contributed by atoms with E-state index in [2.05, 4.69) is 26.1 Å². The molecule has 0 saturated heterocycles. The van der Waals surface area contributed by atoms with Gasteiger partial charge in [-0.1, -0.05) is 20.8 Å². The Kier molecular flexibility index (Phi) is 4.42. The van der Waals surface area contributed by atoms with Crippen LogP contribution in [0.4, 0.5) is 4.79 Å². The Morgan fingerprint density at radius 1 is 1.41 bits per heavy atom. The SMILES string of the molecule is CNC(=O)O[C@]1(C(C)(C)C)CC[C@@H](CO)CC1. The van der Waals surface area contributed by atoms with E-state index in [0.717, 1.165) is 25.7 Å². The molecule has 4 heteroatoms. The fourth-order valence-corrected chi connectivity index (χ4v) is 2.56. The lowest BCUT2D eigenvalue weighted by Crippen LogP contribution is -2.51. The Balaban J connectivity index is 2.79. The standard InChI is InChI=1S/C13H25NO3/c1-12(2,3)13(17-11(16)14-4)7-5-10(9-15)6-8-13/h10,15H,5-9H2,1-4H3,(H,14,16)/t10-,13-. The van der Waals surface area contributed by atoms with E-state index >= 15 is 0 Å². The largest absolute Gasteiger partial charge is 0.442 e. The molecule has 0 aromatic carbocycles. The van der Waals surface area contributed by atoms with Crippen LogP contribution in [-0.2, 0) is 4.74 Å². The van der Waals surface area contributed by atoms with Crippen LogP contribution in [0.1, 0.15) is 46.5 Å². The Morgan fingerprint density at radius 3 is 2.29 bits per heavy atom. The summed E-state index contributed by atoms with van der Waals surface area (Å²) in [5, 5.41) is 11.7. The van der Waals surface area contributed by atoms with Gasteiger partial charge in [-0.3, -0.25) is 0 Å². The zero-order chi connectivity index (χ0) is 13.1. The maximum Gasteiger partial charge on any atom is 0.407 e. The lowest BCUT2D eigenvalue weighted by atomic mass is 9.66. The Hall–Kier alpha value is -0.770. The van der Waals surface area contributed by atoms with E-state index in [4.69, 9.17) is 4.74 Å². The fourth-order valence-electron chi connectivity index (χ4n) is 2.56. The van der Waals surface area contributed by atoms with Crippen molar-refractivity contribution in [2.45, 2.75) is 52.1 Å². The third-order valence-electron chi connectivity index (χ3n) is 4.03. The van der Waals surface area contributed by atoms with Gasteiger partial charge in [-0.05, 0) is 31.6 Å². The number of amides is 1. The minimum Gasteiger partial charge on any atom is -0.442 e. The van der Waals surface area contributed by atoms with Crippen LogP contribution in [0.3, 0.4) is 0 Å². The van der Waals surface area contributed by atoms with Crippen LogP contribution in [0.5, 0.6) is 0 Å². The van der Waals surface area contributed by atoms with Gasteiger partial charge in [0.2, 0.25) is 0 Å². The molecule has 17 heavy (non-hydrogen) atoms. The molecule has 0 radical (unpaired) electrons. The molecule has 1 saturated carbocycles. The van der Waals surface area contributed by atoms with Crippen molar-refractivity contribution >= 4 is 6.09 Å². The van der Waals surface area contributed by atoms with Gasteiger partial charge in [0.1, 0.15) is 5.60 Å². The molecule has 1 aliphatic carbocycles. The zero-order valence-corrected chi connectivity index (χ0v) is 11.4. The maximum absolute atomic E-state index is 11.5. The highest BCUT2D eigenvalue weighted by atomic mass is 16.6. The van der Waals surface area contributed by atoms with Crippen LogP contribution in [0, 0.1) is 11.3 Å². The minimum absolute atomic E-state index is 0.0834. The molecule has 0 unspecified atom stereocenters. The highest BCUT2D eigenvalue weighted by Gasteiger charge is 2.47. The second-order valence-electron chi connectivity index (χ2n) is 6.01. The second kappa shape index (κ2) is 5.25. The Bertz CT molecular complexity index is 262. The van der Waals surface area contributed by atoms with E-state index in [0.29, 0.717) is 5.92 Å². The van der Waals surface area contributed by atoms with Gasteiger partial charge in [-0.15, -0.1) is 0 Å². The summed E-state index contributed by atoms with van der Waals surface area (Å²) < 4.78 is 5.65. The molecule has 0 heterocycles. The first-order valence-electron chi connectivity index (χ1n) is 6.36. The van der Waals surface area contributed by atoms with Gasteiger partial charge in [0, 0.05) is 19.1 Å². The van der Waals surface area contributed by atoms with Gasteiger partial charge in [-0.2, -0.15) is 0 Å². The molecule has 2 N–H and O–H groups in total. The number of carbonyl (C=O) groups is 1. The summed E-state index contributed by atoms with van der Waals surface area (Å²) in [5.41, 5.74) is -0.487. The second-order valence-corrected chi connectivity index (χ2v) is 6.01. The summed E-state index contributed by atoms with van der Waals surface area (Å²) >= 11 is 0. The number of nitrogens with one attached hydrogen (secondary N) is 1. The maximum atomic E-state index is 11.5. The molecular weight excluding hydrogens is 218 g/mol. The van der Waals surface area contributed by atoms with Crippen molar-refractivity contribution in [3.8, 4) is 0 Å². The van der Waals surface area contributed by atoms with Crippen molar-refractivity contribution in [1.29, 1.82) is 0 Å². The average molecular weight is 243 g/mol. The van der Waals surface area contributed by atoms with Crippen molar-refractivity contribution in [2.24, 2.45) is 11.3 Å². The molecule has 0 aromatic rings. The summed E-state index contributed by atoms with van der Waals surface area (Å²) in [7, 11) is 1.58. The number of aliphatic hydroxyl groups is 1. The number of hydrogen-bond acceptors (Lipinski definition) is 3. The lowest BCUT2D eigenvalue weighted by Gasteiger charge is -2.47. The van der Waals surface area contributed by atoms with Crippen LogP contribution in [0.2, 0.25) is 0 Å². The summed E-state index contributed by atoms with van der Waals surface area (Å²) in [6.45, 7) is 6.56. The number of rotatable bonds is 2. The molecule has 100 valence electrons. The molecule has 0 aliphatic heterocycles. The molecule has 1 fully saturated rings. The molecule has 0 aromatic heterocycles. The topological polar surface area (TPSA) is 58.6 Å². The van der Waals surface area contributed by atoms with Crippen LogP contribution >= 0.6 is 0 Å². The monoisotopic (exact) mass is 243 g/mol. The highest BCUT2D eigenvalue weighted by molar-refractivity contribution is 5.67. The Labute approximate surface area is 104 Å². The Morgan fingerprint density at radius 2 is 1.94 bits per heavy atom. The van der Waals surface area contributed by atoms with Gasteiger partial charge in [0.25, 0.3) is 0 Å². The molecule has 4 nitrogen and oxygen atoms in total. The van der Waals surface area contributed by atoms with Gasteiger partial charge >= 0.3 is 6.09 Å². The van der Waals surface area contributed by atoms with E-state index in [1.165, 1.54) is 0 Å². The van der Waals surface area contributed by atoms with Gasteiger partial charge in [-0.25, -0.2) is 4.79 Å². The first-order valence-corrected chi connectivity index (χ1v) is 6.36. The van der Waals surface area contributed by atoms with Gasteiger partial charge in [0.15, 0.2) is 0 Å².